The first-order valence-electron chi connectivity index (χ1n) is 9.06. The van der Waals surface area contributed by atoms with Gasteiger partial charge in [0.25, 0.3) is 0 Å². The summed E-state index contributed by atoms with van der Waals surface area (Å²) in [5.74, 6) is 2.02. The first-order chi connectivity index (χ1) is 12.9. The van der Waals surface area contributed by atoms with E-state index in [-0.39, 0.29) is 0 Å². The van der Waals surface area contributed by atoms with Crippen LogP contribution in [-0.2, 0) is 19.4 Å². The van der Waals surface area contributed by atoms with E-state index in [0.717, 1.165) is 36.5 Å². The molecule has 0 saturated heterocycles. The fourth-order valence-corrected chi connectivity index (χ4v) is 3.24. The van der Waals surface area contributed by atoms with Crippen molar-refractivity contribution in [2.45, 2.75) is 19.4 Å². The van der Waals surface area contributed by atoms with E-state index in [2.05, 4.69) is 53.1 Å². The van der Waals surface area contributed by atoms with Gasteiger partial charge in [-0.1, -0.05) is 60.7 Å². The molecule has 0 aliphatic heterocycles. The largest absolute Gasteiger partial charge is 0.492 e. The Hall–Kier alpha value is -3.07. The third-order valence-electron chi connectivity index (χ3n) is 4.54. The summed E-state index contributed by atoms with van der Waals surface area (Å²) in [6.45, 7) is 1.42. The Labute approximate surface area is 153 Å². The van der Waals surface area contributed by atoms with Crippen molar-refractivity contribution in [3.63, 3.8) is 0 Å². The van der Waals surface area contributed by atoms with Crippen molar-refractivity contribution in [3.8, 4) is 5.75 Å². The molecule has 4 aromatic rings. The lowest BCUT2D eigenvalue weighted by molar-refractivity contribution is 0.298. The number of nitrogens with zero attached hydrogens (tertiary/aromatic N) is 2. The molecule has 0 spiro atoms. The Morgan fingerprint density at radius 1 is 0.731 bits per heavy atom. The lowest BCUT2D eigenvalue weighted by Gasteiger charge is -2.11. The van der Waals surface area contributed by atoms with Crippen LogP contribution in [0.2, 0.25) is 0 Å². The highest BCUT2D eigenvalue weighted by molar-refractivity contribution is 5.75. The Balaban J connectivity index is 1.51. The highest BCUT2D eigenvalue weighted by atomic mass is 16.5. The fourth-order valence-electron chi connectivity index (χ4n) is 3.24. The maximum Gasteiger partial charge on any atom is 0.119 e. The van der Waals surface area contributed by atoms with Crippen LogP contribution in [0.5, 0.6) is 5.75 Å². The van der Waals surface area contributed by atoms with Crippen LogP contribution in [0.25, 0.3) is 11.0 Å². The van der Waals surface area contributed by atoms with Crippen LogP contribution in [0.15, 0.2) is 84.9 Å². The molecule has 0 radical (unpaired) electrons. The number of benzene rings is 3. The van der Waals surface area contributed by atoms with Crippen molar-refractivity contribution in [2.75, 3.05) is 6.61 Å². The topological polar surface area (TPSA) is 27.1 Å². The summed E-state index contributed by atoms with van der Waals surface area (Å²) >= 11 is 0. The van der Waals surface area contributed by atoms with Gasteiger partial charge < -0.3 is 9.30 Å². The molecule has 0 saturated carbocycles. The van der Waals surface area contributed by atoms with E-state index in [1.54, 1.807) is 0 Å². The van der Waals surface area contributed by atoms with Gasteiger partial charge in [-0.2, -0.15) is 0 Å². The molecule has 26 heavy (non-hydrogen) atoms. The highest BCUT2D eigenvalue weighted by Gasteiger charge is 2.10. The summed E-state index contributed by atoms with van der Waals surface area (Å²) in [5.41, 5.74) is 3.56. The molecule has 0 atom stereocenters. The zero-order valence-electron chi connectivity index (χ0n) is 14.7. The SMILES string of the molecule is c1ccc(CCc2nc3ccccc3n2CCOc2ccccc2)cc1. The van der Waals surface area contributed by atoms with Gasteiger partial charge in [-0.3, -0.25) is 0 Å². The molecule has 0 N–H and O–H groups in total. The second kappa shape index (κ2) is 7.87. The van der Waals surface area contributed by atoms with E-state index < -0.39 is 0 Å². The monoisotopic (exact) mass is 342 g/mol. The summed E-state index contributed by atoms with van der Waals surface area (Å²) in [7, 11) is 0. The molecular weight excluding hydrogens is 320 g/mol. The van der Waals surface area contributed by atoms with Gasteiger partial charge in [-0.25, -0.2) is 4.98 Å². The lowest BCUT2D eigenvalue weighted by atomic mass is 10.1. The number of hydrogen-bond donors (Lipinski definition) is 0. The molecule has 0 unspecified atom stereocenters. The molecule has 3 nitrogen and oxygen atoms in total. The molecule has 4 rings (SSSR count). The summed E-state index contributed by atoms with van der Waals surface area (Å²) in [4.78, 5) is 4.86. The summed E-state index contributed by atoms with van der Waals surface area (Å²) in [6.07, 6.45) is 1.91. The van der Waals surface area contributed by atoms with E-state index >= 15 is 0 Å². The lowest BCUT2D eigenvalue weighted by Crippen LogP contribution is -2.12. The number of fused-ring (bicyclic) bond motifs is 1. The van der Waals surface area contributed by atoms with Crippen molar-refractivity contribution in [3.05, 3.63) is 96.3 Å². The maximum atomic E-state index is 5.90. The second-order valence-electron chi connectivity index (χ2n) is 6.32. The average Bonchev–Trinajstić information content (AvgIpc) is 3.06. The molecule has 0 aliphatic carbocycles. The molecule has 130 valence electrons. The molecular formula is C23H22N2O. The third-order valence-corrected chi connectivity index (χ3v) is 4.54. The molecule has 0 bridgehead atoms. The molecule has 1 heterocycles. The third kappa shape index (κ3) is 3.77. The van der Waals surface area contributed by atoms with Crippen LogP contribution >= 0.6 is 0 Å². The number of rotatable bonds is 7. The van der Waals surface area contributed by atoms with E-state index in [1.807, 2.05) is 36.4 Å². The Kier molecular flexibility index (Phi) is 4.97. The van der Waals surface area contributed by atoms with Crippen molar-refractivity contribution in [1.29, 1.82) is 0 Å². The normalized spacial score (nSPS) is 10.9. The average molecular weight is 342 g/mol. The van der Waals surface area contributed by atoms with Gasteiger partial charge in [-0.05, 0) is 36.2 Å². The highest BCUT2D eigenvalue weighted by Crippen LogP contribution is 2.18. The van der Waals surface area contributed by atoms with Crippen LogP contribution < -0.4 is 4.74 Å². The predicted octanol–water partition coefficient (Wildman–Crippen LogP) is 4.90. The van der Waals surface area contributed by atoms with E-state index in [4.69, 9.17) is 9.72 Å². The van der Waals surface area contributed by atoms with Crippen LogP contribution in [0.1, 0.15) is 11.4 Å². The standard InChI is InChI=1S/C23H22N2O/c1-3-9-19(10-4-1)15-16-23-24-21-13-7-8-14-22(21)25(23)17-18-26-20-11-5-2-6-12-20/h1-14H,15-18H2. The summed E-state index contributed by atoms with van der Waals surface area (Å²) in [5, 5.41) is 0. The minimum Gasteiger partial charge on any atom is -0.492 e. The molecule has 3 heteroatoms. The smallest absolute Gasteiger partial charge is 0.119 e. The van der Waals surface area contributed by atoms with Crippen LogP contribution in [0.3, 0.4) is 0 Å². The zero-order valence-corrected chi connectivity index (χ0v) is 14.7. The van der Waals surface area contributed by atoms with Gasteiger partial charge >= 0.3 is 0 Å². The van der Waals surface area contributed by atoms with Crippen molar-refractivity contribution in [1.82, 2.24) is 9.55 Å². The van der Waals surface area contributed by atoms with Gasteiger partial charge in [-0.15, -0.1) is 0 Å². The van der Waals surface area contributed by atoms with Gasteiger partial charge in [0.1, 0.15) is 18.2 Å². The van der Waals surface area contributed by atoms with Crippen LogP contribution in [-0.4, -0.2) is 16.2 Å². The molecule has 1 aromatic heterocycles. The maximum absolute atomic E-state index is 5.90. The van der Waals surface area contributed by atoms with Gasteiger partial charge in [0.15, 0.2) is 0 Å². The van der Waals surface area contributed by atoms with E-state index in [1.165, 1.54) is 11.1 Å². The predicted molar refractivity (Wildman–Crippen MR) is 106 cm³/mol. The van der Waals surface area contributed by atoms with Gasteiger partial charge in [0.05, 0.1) is 17.6 Å². The van der Waals surface area contributed by atoms with Gasteiger partial charge in [0.2, 0.25) is 0 Å². The number of aromatic nitrogens is 2. The number of aryl methyl sites for hydroxylation is 2. The van der Waals surface area contributed by atoms with Crippen molar-refractivity contribution in [2.24, 2.45) is 0 Å². The van der Waals surface area contributed by atoms with Crippen LogP contribution in [0, 0.1) is 0 Å². The number of para-hydroxylation sites is 3. The molecule has 0 amide bonds. The fraction of sp³-hybridized carbons (Fsp3) is 0.174. The first-order valence-corrected chi connectivity index (χ1v) is 9.06. The Morgan fingerprint density at radius 2 is 1.42 bits per heavy atom. The number of imidazole rings is 1. The Bertz CT molecular complexity index is 961. The van der Waals surface area contributed by atoms with E-state index in [9.17, 15) is 0 Å². The minimum absolute atomic E-state index is 0.628. The Morgan fingerprint density at radius 3 is 2.23 bits per heavy atom. The quantitative estimate of drug-likeness (QED) is 0.478. The molecule has 0 fully saturated rings. The van der Waals surface area contributed by atoms with E-state index in [0.29, 0.717) is 6.61 Å². The molecule has 3 aromatic carbocycles. The van der Waals surface area contributed by atoms with Gasteiger partial charge in [0, 0.05) is 6.42 Å². The summed E-state index contributed by atoms with van der Waals surface area (Å²) < 4.78 is 8.19. The minimum atomic E-state index is 0.628. The summed E-state index contributed by atoms with van der Waals surface area (Å²) in [6, 6.07) is 28.9. The van der Waals surface area contributed by atoms with Crippen molar-refractivity contribution >= 4 is 11.0 Å². The molecule has 0 aliphatic rings. The zero-order chi connectivity index (χ0) is 17.6. The second-order valence-corrected chi connectivity index (χ2v) is 6.32. The van der Waals surface area contributed by atoms with Crippen LogP contribution in [0.4, 0.5) is 0 Å². The number of ether oxygens (including phenoxy) is 1. The van der Waals surface area contributed by atoms with Crippen molar-refractivity contribution < 1.29 is 4.74 Å². The number of hydrogen-bond acceptors (Lipinski definition) is 2. The first kappa shape index (κ1) is 16.4.